The molecule has 0 aliphatic rings. The molecule has 7 heteroatoms. The Balaban J connectivity index is 2.20. The number of aryl methyl sites for hydroxylation is 1. The summed E-state index contributed by atoms with van der Waals surface area (Å²) >= 11 is 1.57. The van der Waals surface area contributed by atoms with Crippen LogP contribution in [0.25, 0.3) is 0 Å². The lowest BCUT2D eigenvalue weighted by Gasteiger charge is -2.10. The summed E-state index contributed by atoms with van der Waals surface area (Å²) in [6.45, 7) is 2.34. The zero-order chi connectivity index (χ0) is 15.4. The van der Waals surface area contributed by atoms with Crippen LogP contribution in [0.1, 0.15) is 15.4 Å². The zero-order valence-electron chi connectivity index (χ0n) is 11.8. The van der Waals surface area contributed by atoms with Gasteiger partial charge in [-0.25, -0.2) is 4.98 Å². The standard InChI is InChI=1S/C14H16N4O2S/c1-8-18-6-10(21-8)7-20-9-3-4-12(15)11(5-9)13(17-2)14(16)19/h3-6H,7,15H2,1-2H3,(H2,16,19). The smallest absolute Gasteiger partial charge is 0.267 e. The highest BCUT2D eigenvalue weighted by Crippen LogP contribution is 2.22. The number of hydrogen-bond acceptors (Lipinski definition) is 6. The molecular weight excluding hydrogens is 288 g/mol. The summed E-state index contributed by atoms with van der Waals surface area (Å²) in [7, 11) is 1.49. The van der Waals surface area contributed by atoms with Gasteiger partial charge in [-0.15, -0.1) is 11.3 Å². The van der Waals surface area contributed by atoms with E-state index in [1.807, 2.05) is 6.92 Å². The van der Waals surface area contributed by atoms with Crippen molar-refractivity contribution in [3.63, 3.8) is 0 Å². The van der Waals surface area contributed by atoms with Gasteiger partial charge < -0.3 is 16.2 Å². The number of rotatable bonds is 5. The predicted molar refractivity (Wildman–Crippen MR) is 83.7 cm³/mol. The lowest BCUT2D eigenvalue weighted by Crippen LogP contribution is -2.25. The first-order valence-corrected chi connectivity index (χ1v) is 7.03. The highest BCUT2D eigenvalue weighted by molar-refractivity contribution is 7.11. The molecule has 0 aliphatic heterocycles. The van der Waals surface area contributed by atoms with Gasteiger partial charge in [0.2, 0.25) is 0 Å². The number of thiazole rings is 1. The van der Waals surface area contributed by atoms with Gasteiger partial charge in [0.25, 0.3) is 5.91 Å². The normalized spacial score (nSPS) is 11.4. The van der Waals surface area contributed by atoms with Gasteiger partial charge in [-0.1, -0.05) is 0 Å². The maximum atomic E-state index is 11.4. The first-order chi connectivity index (χ1) is 10.0. The van der Waals surface area contributed by atoms with Gasteiger partial charge in [0, 0.05) is 24.5 Å². The maximum absolute atomic E-state index is 11.4. The fourth-order valence-electron chi connectivity index (χ4n) is 1.82. The first kappa shape index (κ1) is 15.0. The lowest BCUT2D eigenvalue weighted by atomic mass is 10.1. The van der Waals surface area contributed by atoms with Crippen LogP contribution in [0.5, 0.6) is 5.75 Å². The number of carbonyl (C=O) groups is 1. The van der Waals surface area contributed by atoms with E-state index in [1.165, 1.54) is 7.05 Å². The van der Waals surface area contributed by atoms with Crippen molar-refractivity contribution >= 4 is 28.6 Å². The number of hydrogen-bond donors (Lipinski definition) is 2. The lowest BCUT2D eigenvalue weighted by molar-refractivity contribution is -0.111. The topological polar surface area (TPSA) is 104 Å². The van der Waals surface area contributed by atoms with Gasteiger partial charge in [-0.3, -0.25) is 9.79 Å². The van der Waals surface area contributed by atoms with Crippen LogP contribution in [0.2, 0.25) is 0 Å². The summed E-state index contributed by atoms with van der Waals surface area (Å²) in [5, 5.41) is 0.987. The second kappa shape index (κ2) is 6.36. The van der Waals surface area contributed by atoms with Crippen molar-refractivity contribution in [2.75, 3.05) is 12.8 Å². The van der Waals surface area contributed by atoms with Crippen LogP contribution < -0.4 is 16.2 Å². The second-order valence-electron chi connectivity index (χ2n) is 4.32. The molecule has 4 N–H and O–H groups in total. The quantitative estimate of drug-likeness (QED) is 0.645. The molecule has 0 saturated heterocycles. The van der Waals surface area contributed by atoms with E-state index in [2.05, 4.69) is 9.98 Å². The molecule has 2 aromatic rings. The van der Waals surface area contributed by atoms with E-state index < -0.39 is 5.91 Å². The van der Waals surface area contributed by atoms with Gasteiger partial charge in [0.05, 0.1) is 9.88 Å². The number of amides is 1. The summed E-state index contributed by atoms with van der Waals surface area (Å²) in [5.41, 5.74) is 12.2. The molecule has 0 spiro atoms. The van der Waals surface area contributed by atoms with Crippen molar-refractivity contribution < 1.29 is 9.53 Å². The van der Waals surface area contributed by atoms with Crippen molar-refractivity contribution in [3.05, 3.63) is 39.8 Å². The number of aromatic nitrogens is 1. The van der Waals surface area contributed by atoms with Crippen molar-refractivity contribution in [3.8, 4) is 5.75 Å². The van der Waals surface area contributed by atoms with Crippen LogP contribution >= 0.6 is 11.3 Å². The van der Waals surface area contributed by atoms with E-state index in [-0.39, 0.29) is 5.71 Å². The Labute approximate surface area is 126 Å². The summed E-state index contributed by atoms with van der Waals surface area (Å²) in [4.78, 5) is 20.4. The summed E-state index contributed by atoms with van der Waals surface area (Å²) in [6, 6.07) is 5.06. The van der Waals surface area contributed by atoms with Crippen molar-refractivity contribution in [1.82, 2.24) is 4.98 Å². The van der Waals surface area contributed by atoms with Crippen molar-refractivity contribution in [2.24, 2.45) is 10.7 Å². The molecule has 1 amide bonds. The molecule has 1 aromatic heterocycles. The molecular formula is C14H16N4O2S. The molecule has 21 heavy (non-hydrogen) atoms. The zero-order valence-corrected chi connectivity index (χ0v) is 12.6. The average molecular weight is 304 g/mol. The second-order valence-corrected chi connectivity index (χ2v) is 5.64. The van der Waals surface area contributed by atoms with Gasteiger partial charge in [-0.2, -0.15) is 0 Å². The molecule has 1 heterocycles. The number of benzene rings is 1. The van der Waals surface area contributed by atoms with Crippen molar-refractivity contribution in [2.45, 2.75) is 13.5 Å². The maximum Gasteiger partial charge on any atom is 0.267 e. The first-order valence-electron chi connectivity index (χ1n) is 6.22. The van der Waals surface area contributed by atoms with Crippen LogP contribution in [0, 0.1) is 6.92 Å². The molecule has 0 saturated carbocycles. The number of ether oxygens (including phenoxy) is 1. The number of primary amides is 1. The van der Waals surface area contributed by atoms with Crippen LogP contribution in [-0.4, -0.2) is 23.7 Å². The Hall–Kier alpha value is -2.41. The minimum atomic E-state index is -0.626. The van der Waals surface area contributed by atoms with E-state index in [1.54, 1.807) is 35.7 Å². The number of aliphatic imine (C=N–C) groups is 1. The van der Waals surface area contributed by atoms with E-state index in [0.717, 1.165) is 9.88 Å². The minimum absolute atomic E-state index is 0.131. The fourth-order valence-corrected chi connectivity index (χ4v) is 2.53. The Bertz CT molecular complexity index is 694. The number of nitrogens with zero attached hydrogens (tertiary/aromatic N) is 2. The Kier molecular flexibility index (Phi) is 4.54. The predicted octanol–water partition coefficient (Wildman–Crippen LogP) is 1.52. The number of nitrogens with two attached hydrogens (primary N) is 2. The van der Waals surface area contributed by atoms with E-state index >= 15 is 0 Å². The van der Waals surface area contributed by atoms with E-state index in [4.69, 9.17) is 16.2 Å². The van der Waals surface area contributed by atoms with Crippen LogP contribution in [0.3, 0.4) is 0 Å². The molecule has 0 fully saturated rings. The van der Waals surface area contributed by atoms with Gasteiger partial charge in [0.1, 0.15) is 18.1 Å². The number of carbonyl (C=O) groups excluding carboxylic acids is 1. The Morgan fingerprint density at radius 3 is 2.81 bits per heavy atom. The van der Waals surface area contributed by atoms with Gasteiger partial charge in [0.15, 0.2) is 0 Å². The highest BCUT2D eigenvalue weighted by Gasteiger charge is 2.14. The van der Waals surface area contributed by atoms with Crippen LogP contribution in [0.15, 0.2) is 29.4 Å². The van der Waals surface area contributed by atoms with Crippen LogP contribution in [-0.2, 0) is 11.4 Å². The summed E-state index contributed by atoms with van der Waals surface area (Å²) in [6.07, 6.45) is 1.78. The van der Waals surface area contributed by atoms with Gasteiger partial charge in [-0.05, 0) is 25.1 Å². The average Bonchev–Trinajstić information content (AvgIpc) is 2.85. The van der Waals surface area contributed by atoms with E-state index in [0.29, 0.717) is 23.6 Å². The monoisotopic (exact) mass is 304 g/mol. The molecule has 0 radical (unpaired) electrons. The molecule has 1 aromatic carbocycles. The summed E-state index contributed by atoms with van der Waals surface area (Å²) in [5.74, 6) is -0.0351. The van der Waals surface area contributed by atoms with Crippen LogP contribution in [0.4, 0.5) is 5.69 Å². The minimum Gasteiger partial charge on any atom is -0.488 e. The third kappa shape index (κ3) is 3.57. The van der Waals surface area contributed by atoms with Gasteiger partial charge >= 0.3 is 0 Å². The van der Waals surface area contributed by atoms with E-state index in [9.17, 15) is 4.79 Å². The molecule has 0 bridgehead atoms. The third-order valence-corrected chi connectivity index (χ3v) is 3.67. The molecule has 0 atom stereocenters. The number of nitrogen functional groups attached to an aromatic ring is 1. The highest BCUT2D eigenvalue weighted by atomic mass is 32.1. The third-order valence-electron chi connectivity index (χ3n) is 2.79. The van der Waals surface area contributed by atoms with Crippen molar-refractivity contribution in [1.29, 1.82) is 0 Å². The molecule has 2 rings (SSSR count). The fraction of sp³-hybridized carbons (Fsp3) is 0.214. The summed E-state index contributed by atoms with van der Waals surface area (Å²) < 4.78 is 5.68. The molecule has 0 unspecified atom stereocenters. The Morgan fingerprint density at radius 1 is 1.48 bits per heavy atom. The largest absolute Gasteiger partial charge is 0.488 e. The Morgan fingerprint density at radius 2 is 2.24 bits per heavy atom. The molecule has 110 valence electrons. The molecule has 6 nitrogen and oxygen atoms in total. The molecule has 0 aliphatic carbocycles. The SMILES string of the molecule is CN=C(C(N)=O)c1cc(OCc2cnc(C)s2)ccc1N. The number of anilines is 1.